The molecule has 0 saturated carbocycles. The van der Waals surface area contributed by atoms with Crippen LogP contribution in [-0.4, -0.2) is 40.3 Å². The number of nitrogens with zero attached hydrogens (tertiary/aromatic N) is 2. The quantitative estimate of drug-likeness (QED) is 0.183. The first kappa shape index (κ1) is 25.1. The van der Waals surface area contributed by atoms with E-state index < -0.39 is 23.2 Å². The number of hydrogen-bond donors (Lipinski definition) is 1. The number of epoxide rings is 1. The third-order valence-electron chi connectivity index (χ3n) is 6.19. The van der Waals surface area contributed by atoms with Crippen molar-refractivity contribution in [3.8, 4) is 0 Å². The van der Waals surface area contributed by atoms with Crippen molar-refractivity contribution in [3.63, 3.8) is 0 Å². The number of unbranched alkanes of at least 4 members (excludes halogenated alkanes) is 1. The molecule has 0 spiro atoms. The number of amides is 2. The van der Waals surface area contributed by atoms with Gasteiger partial charge < -0.3 is 15.0 Å². The Bertz CT molecular complexity index is 1200. The molecule has 1 heterocycles. The second-order valence-electron chi connectivity index (χ2n) is 8.71. The van der Waals surface area contributed by atoms with Crippen LogP contribution in [0.5, 0.6) is 0 Å². The van der Waals surface area contributed by atoms with Crippen LogP contribution in [0.2, 0.25) is 0 Å². The number of nitro benzene ring substituents is 1. The van der Waals surface area contributed by atoms with Crippen molar-refractivity contribution in [3.05, 3.63) is 112 Å². The van der Waals surface area contributed by atoms with E-state index in [0.29, 0.717) is 17.7 Å². The molecule has 1 N–H and O–H groups in total. The molecule has 36 heavy (non-hydrogen) atoms. The number of benzene rings is 3. The summed E-state index contributed by atoms with van der Waals surface area (Å²) in [5, 5.41) is 14.6. The number of nitrogens with one attached hydrogen (secondary N) is 1. The highest BCUT2D eigenvalue weighted by Gasteiger charge is 2.54. The monoisotopic (exact) mass is 487 g/mol. The highest BCUT2D eigenvalue weighted by Crippen LogP contribution is 2.46. The lowest BCUT2D eigenvalue weighted by molar-refractivity contribution is -0.385. The first-order valence-electron chi connectivity index (χ1n) is 12.1. The topological polar surface area (TPSA) is 105 Å². The van der Waals surface area contributed by atoms with Crippen molar-refractivity contribution in [2.45, 2.75) is 44.6 Å². The van der Waals surface area contributed by atoms with Crippen LogP contribution in [0.3, 0.4) is 0 Å². The number of rotatable bonds is 11. The van der Waals surface area contributed by atoms with E-state index in [4.69, 9.17) is 4.74 Å². The Morgan fingerprint density at radius 1 is 1.00 bits per heavy atom. The zero-order chi connectivity index (χ0) is 25.5. The van der Waals surface area contributed by atoms with E-state index in [1.54, 1.807) is 42.5 Å². The van der Waals surface area contributed by atoms with Crippen LogP contribution < -0.4 is 5.32 Å². The van der Waals surface area contributed by atoms with Crippen LogP contribution in [0.15, 0.2) is 84.9 Å². The zero-order valence-corrected chi connectivity index (χ0v) is 20.1. The van der Waals surface area contributed by atoms with E-state index in [-0.39, 0.29) is 24.0 Å². The summed E-state index contributed by atoms with van der Waals surface area (Å²) < 4.78 is 5.93. The summed E-state index contributed by atoms with van der Waals surface area (Å²) in [5.41, 5.74) is 1.63. The number of hydrogen-bond acceptors (Lipinski definition) is 5. The van der Waals surface area contributed by atoms with Crippen molar-refractivity contribution in [1.82, 2.24) is 10.2 Å². The highest BCUT2D eigenvalue weighted by molar-refractivity contribution is 5.98. The molecule has 1 aliphatic heterocycles. The maximum Gasteiger partial charge on any atom is 0.275 e. The number of nitro groups is 1. The zero-order valence-electron chi connectivity index (χ0n) is 20.1. The lowest BCUT2D eigenvalue weighted by Gasteiger charge is -2.30. The van der Waals surface area contributed by atoms with E-state index in [0.717, 1.165) is 18.4 Å². The molecule has 2 amide bonds. The smallest absolute Gasteiger partial charge is 0.275 e. The maximum absolute atomic E-state index is 13.8. The van der Waals surface area contributed by atoms with Gasteiger partial charge in [-0.15, -0.1) is 0 Å². The van der Waals surface area contributed by atoms with Crippen LogP contribution in [0.1, 0.15) is 47.4 Å². The molecule has 1 saturated heterocycles. The predicted octanol–water partition coefficient (Wildman–Crippen LogP) is 4.66. The molecular formula is C28H29N3O5. The van der Waals surface area contributed by atoms with E-state index in [1.807, 2.05) is 43.3 Å². The van der Waals surface area contributed by atoms with Gasteiger partial charge in [-0.25, -0.2) is 0 Å². The summed E-state index contributed by atoms with van der Waals surface area (Å²) in [7, 11) is 0. The highest BCUT2D eigenvalue weighted by atomic mass is 16.6. The van der Waals surface area contributed by atoms with Gasteiger partial charge in [0.15, 0.2) is 0 Å². The molecule has 0 aromatic heterocycles. The fourth-order valence-corrected chi connectivity index (χ4v) is 4.29. The van der Waals surface area contributed by atoms with Gasteiger partial charge in [0.25, 0.3) is 11.6 Å². The molecule has 4 rings (SSSR count). The molecule has 1 unspecified atom stereocenters. The van der Waals surface area contributed by atoms with Crippen molar-refractivity contribution >= 4 is 17.5 Å². The predicted molar refractivity (Wildman–Crippen MR) is 135 cm³/mol. The van der Waals surface area contributed by atoms with E-state index in [1.165, 1.54) is 11.0 Å². The Morgan fingerprint density at radius 3 is 2.31 bits per heavy atom. The Balaban J connectivity index is 1.71. The first-order chi connectivity index (χ1) is 17.5. The molecule has 1 fully saturated rings. The Kier molecular flexibility index (Phi) is 8.07. The average Bonchev–Trinajstić information content (AvgIpc) is 3.69. The number of para-hydroxylation sites is 1. The summed E-state index contributed by atoms with van der Waals surface area (Å²) in [5.74, 6) is -0.651. The fourth-order valence-electron chi connectivity index (χ4n) is 4.29. The second kappa shape index (κ2) is 11.6. The van der Waals surface area contributed by atoms with Crippen molar-refractivity contribution in [2.24, 2.45) is 0 Å². The third-order valence-corrected chi connectivity index (χ3v) is 6.19. The van der Waals surface area contributed by atoms with Gasteiger partial charge in [0.2, 0.25) is 5.91 Å². The minimum atomic E-state index is -0.973. The Labute approximate surface area is 210 Å². The number of carbonyl (C=O) groups is 2. The molecule has 0 bridgehead atoms. The third kappa shape index (κ3) is 5.78. The standard InChI is InChI=1S/C28H29N3O5/c1-2-3-18-29-27(32)24(26-25(36-26)22-16-10-11-17-23(22)31(34)35)30(19-20-12-6-4-7-13-20)28(33)21-14-8-5-9-15-21/h4-17,24-26H,2-3,18-19H2,1H3,(H,29,32)/t24?,25-,26-/m1/s1. The fraction of sp³-hybridized carbons (Fsp3) is 0.286. The number of carbonyl (C=O) groups excluding carboxylic acids is 2. The summed E-state index contributed by atoms with van der Waals surface area (Å²) >= 11 is 0. The van der Waals surface area contributed by atoms with Gasteiger partial charge >= 0.3 is 0 Å². The lowest BCUT2D eigenvalue weighted by atomic mass is 10.00. The van der Waals surface area contributed by atoms with Crippen molar-refractivity contribution < 1.29 is 19.2 Å². The van der Waals surface area contributed by atoms with Crippen LogP contribution >= 0.6 is 0 Å². The Hall–Kier alpha value is -4.04. The van der Waals surface area contributed by atoms with Crippen LogP contribution in [-0.2, 0) is 16.1 Å². The summed E-state index contributed by atoms with van der Waals surface area (Å²) in [6.45, 7) is 2.68. The molecule has 3 atom stereocenters. The molecule has 8 heteroatoms. The van der Waals surface area contributed by atoms with Crippen LogP contribution in [0.4, 0.5) is 5.69 Å². The molecule has 0 aliphatic carbocycles. The van der Waals surface area contributed by atoms with E-state index in [9.17, 15) is 19.7 Å². The van der Waals surface area contributed by atoms with Gasteiger partial charge in [-0.3, -0.25) is 19.7 Å². The largest absolute Gasteiger partial charge is 0.361 e. The van der Waals surface area contributed by atoms with Gasteiger partial charge in [0, 0.05) is 24.7 Å². The molecule has 8 nitrogen and oxygen atoms in total. The van der Waals surface area contributed by atoms with Crippen molar-refractivity contribution in [2.75, 3.05) is 6.54 Å². The molecule has 0 radical (unpaired) electrons. The second-order valence-corrected chi connectivity index (χ2v) is 8.71. The summed E-state index contributed by atoms with van der Waals surface area (Å²) in [4.78, 5) is 40.0. The SMILES string of the molecule is CCCCNC(=O)C([C@H]1O[C@@H]1c1ccccc1[N+](=O)[O-])N(Cc1ccccc1)C(=O)c1ccccc1. The van der Waals surface area contributed by atoms with E-state index >= 15 is 0 Å². The van der Waals surface area contributed by atoms with Gasteiger partial charge in [-0.2, -0.15) is 0 Å². The average molecular weight is 488 g/mol. The maximum atomic E-state index is 13.8. The minimum Gasteiger partial charge on any atom is -0.361 e. The van der Waals surface area contributed by atoms with Gasteiger partial charge in [-0.05, 0) is 30.2 Å². The van der Waals surface area contributed by atoms with Gasteiger partial charge in [0.1, 0.15) is 18.2 Å². The van der Waals surface area contributed by atoms with Crippen LogP contribution in [0.25, 0.3) is 0 Å². The van der Waals surface area contributed by atoms with Crippen LogP contribution in [0, 0.1) is 10.1 Å². The van der Waals surface area contributed by atoms with Gasteiger partial charge in [0.05, 0.1) is 10.5 Å². The van der Waals surface area contributed by atoms with E-state index in [2.05, 4.69) is 5.32 Å². The lowest BCUT2D eigenvalue weighted by Crippen LogP contribution is -2.52. The molecule has 3 aromatic carbocycles. The van der Waals surface area contributed by atoms with Gasteiger partial charge in [-0.1, -0.05) is 74.0 Å². The number of ether oxygens (including phenoxy) is 1. The normalized spacial score (nSPS) is 17.1. The summed E-state index contributed by atoms with van der Waals surface area (Å²) in [6.07, 6.45) is 0.308. The molecular weight excluding hydrogens is 458 g/mol. The minimum absolute atomic E-state index is 0.0702. The molecule has 3 aromatic rings. The van der Waals surface area contributed by atoms with Crippen molar-refractivity contribution in [1.29, 1.82) is 0 Å². The summed E-state index contributed by atoms with van der Waals surface area (Å²) in [6, 6.07) is 23.6. The first-order valence-corrected chi connectivity index (χ1v) is 12.1. The molecule has 1 aliphatic rings. The molecule has 186 valence electrons. The Morgan fingerprint density at radius 2 is 1.64 bits per heavy atom.